The molecule has 0 aliphatic carbocycles. The van der Waals surface area contributed by atoms with Crippen LogP contribution in [0.2, 0.25) is 0 Å². The summed E-state index contributed by atoms with van der Waals surface area (Å²) in [6, 6.07) is 69.3. The third-order valence-electron chi connectivity index (χ3n) is 11.6. The smallest absolute Gasteiger partial charge is 0.0702 e. The van der Waals surface area contributed by atoms with Gasteiger partial charge in [0.1, 0.15) is 0 Å². The number of nitrogens with zero attached hydrogens (tertiary/aromatic N) is 1. The predicted molar refractivity (Wildman–Crippen MR) is 236 cm³/mol. The van der Waals surface area contributed by atoms with Gasteiger partial charge in [-0.3, -0.25) is 4.98 Å². The van der Waals surface area contributed by atoms with Crippen LogP contribution in [0, 0.1) is 6.92 Å². The van der Waals surface area contributed by atoms with Gasteiger partial charge in [-0.05, 0) is 147 Å². The molecule has 10 aromatic carbocycles. The first-order valence-electron chi connectivity index (χ1n) is 19.0. The van der Waals surface area contributed by atoms with Crippen molar-refractivity contribution in [3.8, 4) is 44.5 Å². The third-order valence-corrected chi connectivity index (χ3v) is 11.6. The van der Waals surface area contributed by atoms with Gasteiger partial charge in [-0.2, -0.15) is 0 Å². The lowest BCUT2D eigenvalue weighted by Gasteiger charge is -2.16. The van der Waals surface area contributed by atoms with E-state index in [1.54, 1.807) is 0 Å². The van der Waals surface area contributed by atoms with Crippen LogP contribution in [0.1, 0.15) is 5.56 Å². The number of aryl methyl sites for hydroxylation is 1. The van der Waals surface area contributed by atoms with Crippen molar-refractivity contribution in [3.63, 3.8) is 0 Å². The first-order valence-corrected chi connectivity index (χ1v) is 19.0. The number of fused-ring (bicyclic) bond motifs is 8. The number of hydrogen-bond acceptors (Lipinski definition) is 1. The number of aromatic nitrogens is 1. The maximum Gasteiger partial charge on any atom is 0.0702 e. The highest BCUT2D eigenvalue weighted by molar-refractivity contribution is 6.21. The highest BCUT2D eigenvalue weighted by Gasteiger charge is 2.14. The largest absolute Gasteiger partial charge is 0.256 e. The van der Waals surface area contributed by atoms with Crippen LogP contribution < -0.4 is 0 Å². The molecule has 1 aromatic heterocycles. The summed E-state index contributed by atoms with van der Waals surface area (Å²) in [7, 11) is 0. The maximum absolute atomic E-state index is 4.48. The summed E-state index contributed by atoms with van der Waals surface area (Å²) in [5.41, 5.74) is 12.2. The van der Waals surface area contributed by atoms with Crippen LogP contribution in [0.5, 0.6) is 0 Å². The van der Waals surface area contributed by atoms with E-state index < -0.39 is 0 Å². The van der Waals surface area contributed by atoms with Crippen molar-refractivity contribution in [1.29, 1.82) is 0 Å². The van der Waals surface area contributed by atoms with Gasteiger partial charge in [-0.15, -0.1) is 0 Å². The van der Waals surface area contributed by atoms with Crippen molar-refractivity contribution in [3.05, 3.63) is 200 Å². The number of hydrogen-bond donors (Lipinski definition) is 0. The van der Waals surface area contributed by atoms with Crippen LogP contribution in [0.25, 0.3) is 109 Å². The fraction of sp³-hybridized carbons (Fsp3) is 0.0185. The second-order valence-corrected chi connectivity index (χ2v) is 14.8. The van der Waals surface area contributed by atoms with Crippen LogP contribution in [0.4, 0.5) is 0 Å². The van der Waals surface area contributed by atoms with Crippen molar-refractivity contribution in [2.75, 3.05) is 0 Å². The van der Waals surface area contributed by atoms with Gasteiger partial charge in [0, 0.05) is 11.6 Å². The first-order chi connectivity index (χ1) is 27.1. The lowest BCUT2D eigenvalue weighted by atomic mass is 9.88. The van der Waals surface area contributed by atoms with Gasteiger partial charge in [-0.1, -0.05) is 152 Å². The number of rotatable bonds is 4. The molecular weight excluding hydrogens is 663 g/mol. The van der Waals surface area contributed by atoms with Crippen molar-refractivity contribution in [1.82, 2.24) is 4.98 Å². The zero-order chi connectivity index (χ0) is 36.5. The third kappa shape index (κ3) is 5.28. The Bertz CT molecular complexity index is 3320. The molecule has 1 heteroatoms. The zero-order valence-electron chi connectivity index (χ0n) is 30.4. The van der Waals surface area contributed by atoms with E-state index in [1.165, 1.54) is 104 Å². The van der Waals surface area contributed by atoms with E-state index in [2.05, 4.69) is 194 Å². The van der Waals surface area contributed by atoms with E-state index in [9.17, 15) is 0 Å². The molecule has 0 aliphatic heterocycles. The maximum atomic E-state index is 4.48. The van der Waals surface area contributed by atoms with Crippen LogP contribution in [0.3, 0.4) is 0 Å². The van der Waals surface area contributed by atoms with Crippen molar-refractivity contribution < 1.29 is 0 Å². The van der Waals surface area contributed by atoms with Gasteiger partial charge in [-0.25, -0.2) is 0 Å². The Balaban J connectivity index is 0.939. The Morgan fingerprint density at radius 3 is 1.45 bits per heavy atom. The van der Waals surface area contributed by atoms with Crippen LogP contribution in [0.15, 0.2) is 194 Å². The van der Waals surface area contributed by atoms with Crippen molar-refractivity contribution in [2.24, 2.45) is 0 Å². The van der Waals surface area contributed by atoms with Gasteiger partial charge in [0.2, 0.25) is 0 Å². The van der Waals surface area contributed by atoms with Gasteiger partial charge < -0.3 is 0 Å². The van der Waals surface area contributed by atoms with Crippen LogP contribution in [-0.4, -0.2) is 4.98 Å². The van der Waals surface area contributed by atoms with E-state index in [1.807, 2.05) is 12.3 Å². The molecule has 0 saturated carbocycles. The molecule has 11 rings (SSSR count). The summed E-state index contributed by atoms with van der Waals surface area (Å²) in [5, 5.41) is 13.9. The molecule has 0 bridgehead atoms. The molecule has 0 atom stereocenters. The zero-order valence-corrected chi connectivity index (χ0v) is 30.4. The lowest BCUT2D eigenvalue weighted by molar-refractivity contribution is 1.41. The highest BCUT2D eigenvalue weighted by Crippen LogP contribution is 2.42. The number of benzene rings is 10. The van der Waals surface area contributed by atoms with Gasteiger partial charge in [0.15, 0.2) is 0 Å². The van der Waals surface area contributed by atoms with E-state index in [4.69, 9.17) is 0 Å². The molecule has 55 heavy (non-hydrogen) atoms. The topological polar surface area (TPSA) is 12.9 Å². The molecule has 0 N–H and O–H groups in total. The highest BCUT2D eigenvalue weighted by atomic mass is 14.6. The Kier molecular flexibility index (Phi) is 7.15. The van der Waals surface area contributed by atoms with E-state index in [0.717, 1.165) is 10.9 Å². The van der Waals surface area contributed by atoms with E-state index in [-0.39, 0.29) is 0 Å². The molecule has 0 aliphatic rings. The molecule has 0 unspecified atom stereocenters. The lowest BCUT2D eigenvalue weighted by Crippen LogP contribution is -1.89. The van der Waals surface area contributed by atoms with Gasteiger partial charge >= 0.3 is 0 Å². The fourth-order valence-electron chi connectivity index (χ4n) is 8.80. The molecule has 0 radical (unpaired) electrons. The monoisotopic (exact) mass is 697 g/mol. The Morgan fingerprint density at radius 2 is 0.764 bits per heavy atom. The Hall–Kier alpha value is -7.09. The average molecular weight is 698 g/mol. The summed E-state index contributed by atoms with van der Waals surface area (Å²) in [4.78, 5) is 4.48. The van der Waals surface area contributed by atoms with Gasteiger partial charge in [0.25, 0.3) is 0 Å². The normalized spacial score (nSPS) is 11.7. The fourth-order valence-corrected chi connectivity index (χ4v) is 8.80. The Morgan fingerprint density at radius 1 is 0.309 bits per heavy atom. The molecule has 1 nitrogen and oxygen atoms in total. The second-order valence-electron chi connectivity index (χ2n) is 14.8. The summed E-state index contributed by atoms with van der Waals surface area (Å²) in [6.07, 6.45) is 1.85. The standard InChI is InChI=1S/C54H35N/c1-34-6-2-7-37-17-18-39-9-4-12-50(54(39)52(34)37)49-11-3-8-38-19-24-46-32-41(25-27-48(46)53(38)49)36-15-13-35(14-16-36)40-20-21-43-31-44(23-22-42(43)30-40)45-26-28-51-47(33-45)10-5-29-55-51/h2-33H,1H3. The molecule has 1 heterocycles. The van der Waals surface area contributed by atoms with Crippen molar-refractivity contribution in [2.45, 2.75) is 6.92 Å². The van der Waals surface area contributed by atoms with Crippen LogP contribution >= 0.6 is 0 Å². The second kappa shape index (κ2) is 12.5. The van der Waals surface area contributed by atoms with E-state index >= 15 is 0 Å². The molecular formula is C54H35N. The molecule has 0 saturated heterocycles. The first kappa shape index (κ1) is 31.4. The summed E-state index contributed by atoms with van der Waals surface area (Å²) < 4.78 is 0. The SMILES string of the molecule is Cc1cccc2ccc3cccc(-c4cccc5ccc6cc(-c7ccc(-c8ccc9cc(-c%10ccc%11ncccc%11c%10)ccc9c8)cc7)ccc6c45)c3c12. The van der Waals surface area contributed by atoms with Gasteiger partial charge in [0.05, 0.1) is 5.52 Å². The molecule has 0 amide bonds. The molecule has 0 spiro atoms. The van der Waals surface area contributed by atoms with Crippen molar-refractivity contribution >= 4 is 64.8 Å². The minimum Gasteiger partial charge on any atom is -0.256 e. The summed E-state index contributed by atoms with van der Waals surface area (Å²) in [6.45, 7) is 2.23. The average Bonchev–Trinajstić information content (AvgIpc) is 3.25. The minimum atomic E-state index is 1.02. The molecule has 11 aromatic rings. The molecule has 256 valence electrons. The summed E-state index contributed by atoms with van der Waals surface area (Å²) in [5.74, 6) is 0. The van der Waals surface area contributed by atoms with E-state index in [0.29, 0.717) is 0 Å². The van der Waals surface area contributed by atoms with Crippen LogP contribution in [-0.2, 0) is 0 Å². The predicted octanol–water partition coefficient (Wildman–Crippen LogP) is 15.0. The number of pyridine rings is 1. The molecule has 0 fully saturated rings. The quantitative estimate of drug-likeness (QED) is 0.167. The Labute approximate surface area is 319 Å². The minimum absolute atomic E-state index is 1.02. The summed E-state index contributed by atoms with van der Waals surface area (Å²) >= 11 is 0.